The number of para-hydroxylation sites is 1. The normalized spacial score (nSPS) is 16.3. The lowest BCUT2D eigenvalue weighted by Gasteiger charge is -2.38. The van der Waals surface area contributed by atoms with E-state index in [1.165, 1.54) is 11.1 Å². The molecule has 1 aromatic heterocycles. The molecule has 1 aliphatic heterocycles. The predicted octanol–water partition coefficient (Wildman–Crippen LogP) is 3.70. The molecular formula is C23H26N4O. The van der Waals surface area contributed by atoms with Gasteiger partial charge >= 0.3 is 0 Å². The quantitative estimate of drug-likeness (QED) is 0.699. The summed E-state index contributed by atoms with van der Waals surface area (Å²) in [7, 11) is 4.10. The summed E-state index contributed by atoms with van der Waals surface area (Å²) in [6.45, 7) is 2.89. The number of nitrogens with zero attached hydrogens (tertiary/aromatic N) is 4. The van der Waals surface area contributed by atoms with Crippen LogP contribution >= 0.6 is 0 Å². The van der Waals surface area contributed by atoms with E-state index in [9.17, 15) is 4.79 Å². The average Bonchev–Trinajstić information content (AvgIpc) is 3.18. The molecule has 0 N–H and O–H groups in total. The summed E-state index contributed by atoms with van der Waals surface area (Å²) < 4.78 is 1.77. The first-order valence-corrected chi connectivity index (χ1v) is 9.72. The summed E-state index contributed by atoms with van der Waals surface area (Å²) in [5.41, 5.74) is 4.86. The van der Waals surface area contributed by atoms with Crippen LogP contribution < -0.4 is 4.90 Å². The summed E-state index contributed by atoms with van der Waals surface area (Å²) in [6.07, 6.45) is 3.81. The molecule has 3 aromatic rings. The van der Waals surface area contributed by atoms with E-state index in [0.717, 1.165) is 30.8 Å². The van der Waals surface area contributed by atoms with Crippen molar-refractivity contribution in [3.63, 3.8) is 0 Å². The Morgan fingerprint density at radius 3 is 2.61 bits per heavy atom. The third kappa shape index (κ3) is 3.58. The zero-order valence-corrected chi connectivity index (χ0v) is 16.7. The van der Waals surface area contributed by atoms with Crippen LogP contribution in [0.2, 0.25) is 0 Å². The SMILES string of the molecule is Cc1ccc(-n2ccc(C(=O)N3c4ccccc4CCC3CN(C)C)n2)cc1. The van der Waals surface area contributed by atoms with Crippen molar-refractivity contribution >= 4 is 11.6 Å². The molecule has 0 saturated carbocycles. The molecule has 0 radical (unpaired) electrons. The van der Waals surface area contributed by atoms with E-state index < -0.39 is 0 Å². The molecule has 0 fully saturated rings. The van der Waals surface area contributed by atoms with Crippen molar-refractivity contribution in [2.24, 2.45) is 0 Å². The van der Waals surface area contributed by atoms with E-state index in [0.29, 0.717) is 5.69 Å². The number of hydrogen-bond donors (Lipinski definition) is 0. The van der Waals surface area contributed by atoms with E-state index in [1.54, 1.807) is 4.68 Å². The van der Waals surface area contributed by atoms with Crippen molar-refractivity contribution in [1.82, 2.24) is 14.7 Å². The zero-order chi connectivity index (χ0) is 19.7. The second-order valence-electron chi connectivity index (χ2n) is 7.74. The minimum Gasteiger partial charge on any atom is -0.307 e. The molecule has 0 spiro atoms. The van der Waals surface area contributed by atoms with Crippen LogP contribution in [0.5, 0.6) is 0 Å². The molecular weight excluding hydrogens is 348 g/mol. The fraction of sp³-hybridized carbons (Fsp3) is 0.304. The van der Waals surface area contributed by atoms with Gasteiger partial charge < -0.3 is 9.80 Å². The molecule has 1 unspecified atom stereocenters. The summed E-state index contributed by atoms with van der Waals surface area (Å²) in [6, 6.07) is 18.3. The van der Waals surface area contributed by atoms with Crippen molar-refractivity contribution in [2.75, 3.05) is 25.5 Å². The zero-order valence-electron chi connectivity index (χ0n) is 16.7. The Kier molecular flexibility index (Phi) is 5.01. The van der Waals surface area contributed by atoms with Crippen molar-refractivity contribution < 1.29 is 4.79 Å². The van der Waals surface area contributed by atoms with E-state index in [-0.39, 0.29) is 11.9 Å². The van der Waals surface area contributed by atoms with Gasteiger partial charge in [0.1, 0.15) is 0 Å². The van der Waals surface area contributed by atoms with E-state index in [1.807, 2.05) is 59.6 Å². The number of rotatable bonds is 4. The van der Waals surface area contributed by atoms with Crippen LogP contribution in [0.25, 0.3) is 5.69 Å². The predicted molar refractivity (Wildman–Crippen MR) is 112 cm³/mol. The first-order valence-electron chi connectivity index (χ1n) is 9.72. The molecule has 0 bridgehead atoms. The van der Waals surface area contributed by atoms with Crippen molar-refractivity contribution in [3.05, 3.63) is 77.6 Å². The minimum absolute atomic E-state index is 0.0372. The van der Waals surface area contributed by atoms with Crippen molar-refractivity contribution in [3.8, 4) is 5.69 Å². The molecule has 5 heteroatoms. The number of anilines is 1. The van der Waals surface area contributed by atoms with Gasteiger partial charge in [0, 0.05) is 18.4 Å². The van der Waals surface area contributed by atoms with Gasteiger partial charge in [-0.25, -0.2) is 4.68 Å². The van der Waals surface area contributed by atoms with Gasteiger partial charge in [-0.1, -0.05) is 35.9 Å². The van der Waals surface area contributed by atoms with Gasteiger partial charge in [-0.15, -0.1) is 0 Å². The number of likely N-dealkylation sites (N-methyl/N-ethyl adjacent to an activating group) is 1. The van der Waals surface area contributed by atoms with Crippen LogP contribution in [0.3, 0.4) is 0 Å². The Hall–Kier alpha value is -2.92. The molecule has 1 amide bonds. The second kappa shape index (κ2) is 7.60. The van der Waals surface area contributed by atoms with Gasteiger partial charge in [0.25, 0.3) is 5.91 Å². The van der Waals surface area contributed by atoms with Crippen LogP contribution in [0, 0.1) is 6.92 Å². The Balaban J connectivity index is 1.67. The van der Waals surface area contributed by atoms with Gasteiger partial charge in [-0.2, -0.15) is 5.10 Å². The molecule has 0 saturated heterocycles. The maximum Gasteiger partial charge on any atom is 0.279 e. The van der Waals surface area contributed by atoms with E-state index >= 15 is 0 Å². The number of carbonyl (C=O) groups excluding carboxylic acids is 1. The molecule has 4 rings (SSSR count). The fourth-order valence-electron chi connectivity index (χ4n) is 3.88. The standard InChI is InChI=1S/C23H26N4O/c1-17-8-11-19(12-9-17)26-15-14-21(24-26)23(28)27-20(16-25(2)3)13-10-18-6-4-5-7-22(18)27/h4-9,11-12,14-15,20H,10,13,16H2,1-3H3. The van der Waals surface area contributed by atoms with Crippen LogP contribution in [0.15, 0.2) is 60.8 Å². The molecule has 1 atom stereocenters. The second-order valence-corrected chi connectivity index (χ2v) is 7.74. The van der Waals surface area contributed by atoms with Gasteiger partial charge in [0.05, 0.1) is 11.7 Å². The lowest BCUT2D eigenvalue weighted by molar-refractivity contribution is 0.0963. The Morgan fingerprint density at radius 2 is 1.86 bits per heavy atom. The third-order valence-corrected chi connectivity index (χ3v) is 5.26. The fourth-order valence-corrected chi connectivity index (χ4v) is 3.88. The highest BCUT2D eigenvalue weighted by Crippen LogP contribution is 2.32. The first kappa shape index (κ1) is 18.4. The molecule has 2 aromatic carbocycles. The summed E-state index contributed by atoms with van der Waals surface area (Å²) in [5, 5.41) is 4.58. The highest BCUT2D eigenvalue weighted by molar-refractivity contribution is 6.06. The topological polar surface area (TPSA) is 41.4 Å². The number of aryl methyl sites for hydroxylation is 2. The van der Waals surface area contributed by atoms with Gasteiger partial charge in [0.15, 0.2) is 5.69 Å². The summed E-state index contributed by atoms with van der Waals surface area (Å²) in [4.78, 5) is 17.6. The summed E-state index contributed by atoms with van der Waals surface area (Å²) >= 11 is 0. The van der Waals surface area contributed by atoms with Crippen LogP contribution in [-0.4, -0.2) is 47.3 Å². The average molecular weight is 374 g/mol. The molecule has 2 heterocycles. The van der Waals surface area contributed by atoms with Crippen molar-refractivity contribution in [2.45, 2.75) is 25.8 Å². The maximum absolute atomic E-state index is 13.5. The highest BCUT2D eigenvalue weighted by Gasteiger charge is 2.32. The van der Waals surface area contributed by atoms with Crippen LogP contribution in [-0.2, 0) is 6.42 Å². The van der Waals surface area contributed by atoms with Gasteiger partial charge in [-0.05, 0) is 63.7 Å². The lowest BCUT2D eigenvalue weighted by Crippen LogP contribution is -2.48. The lowest BCUT2D eigenvalue weighted by atomic mass is 9.95. The molecule has 1 aliphatic rings. The van der Waals surface area contributed by atoms with E-state index in [4.69, 9.17) is 0 Å². The number of aromatic nitrogens is 2. The van der Waals surface area contributed by atoms with Gasteiger partial charge in [-0.3, -0.25) is 4.79 Å². The third-order valence-electron chi connectivity index (χ3n) is 5.26. The minimum atomic E-state index is -0.0372. The monoisotopic (exact) mass is 374 g/mol. The molecule has 144 valence electrons. The number of hydrogen-bond acceptors (Lipinski definition) is 3. The number of carbonyl (C=O) groups is 1. The molecule has 28 heavy (non-hydrogen) atoms. The first-order chi connectivity index (χ1) is 13.5. The van der Waals surface area contributed by atoms with Crippen molar-refractivity contribution in [1.29, 1.82) is 0 Å². The number of fused-ring (bicyclic) bond motifs is 1. The Morgan fingerprint density at radius 1 is 1.11 bits per heavy atom. The summed E-state index contributed by atoms with van der Waals surface area (Å²) in [5.74, 6) is -0.0372. The molecule has 0 aliphatic carbocycles. The Bertz CT molecular complexity index is 974. The molecule has 5 nitrogen and oxygen atoms in total. The van der Waals surface area contributed by atoms with Crippen LogP contribution in [0.4, 0.5) is 5.69 Å². The largest absolute Gasteiger partial charge is 0.307 e. The smallest absolute Gasteiger partial charge is 0.279 e. The highest BCUT2D eigenvalue weighted by atomic mass is 16.2. The number of benzene rings is 2. The maximum atomic E-state index is 13.5. The van der Waals surface area contributed by atoms with E-state index in [2.05, 4.69) is 37.1 Å². The Labute approximate surface area is 166 Å². The van der Waals surface area contributed by atoms with Crippen LogP contribution in [0.1, 0.15) is 28.0 Å². The van der Waals surface area contributed by atoms with Gasteiger partial charge in [0.2, 0.25) is 0 Å². The number of amides is 1.